The molecule has 0 fully saturated rings. The van der Waals surface area contributed by atoms with Gasteiger partial charge in [-0.05, 0) is 18.2 Å². The van der Waals surface area contributed by atoms with Crippen molar-refractivity contribution in [1.29, 1.82) is 0 Å². The topological polar surface area (TPSA) is 38.7 Å². The molecule has 4 heteroatoms. The smallest absolute Gasteiger partial charge is 0.243 e. The third-order valence-electron chi connectivity index (χ3n) is 1.79. The van der Waals surface area contributed by atoms with Crippen molar-refractivity contribution in [2.24, 2.45) is 0 Å². The average molecular weight is 245 g/mol. The molecule has 1 aromatic carbocycles. The first-order chi connectivity index (χ1) is 6.29. The zero-order valence-electron chi connectivity index (χ0n) is 6.87. The lowest BCUT2D eigenvalue weighted by atomic mass is 10.3. The summed E-state index contributed by atoms with van der Waals surface area (Å²) in [6.45, 7) is 0.0693. The summed E-state index contributed by atoms with van der Waals surface area (Å²) in [7, 11) is 0. The Hall–Kier alpha value is -0.740. The zero-order valence-corrected chi connectivity index (χ0v) is 8.45. The first-order valence-electron chi connectivity index (χ1n) is 4.03. The molecule has 1 aliphatic rings. The van der Waals surface area contributed by atoms with Crippen LogP contribution < -0.4 is 9.47 Å². The van der Waals surface area contributed by atoms with E-state index in [1.54, 1.807) is 0 Å². The fourth-order valence-corrected chi connectivity index (χ4v) is 1.54. The number of rotatable bonds is 2. The summed E-state index contributed by atoms with van der Waals surface area (Å²) in [5.41, 5.74) is 0. The lowest BCUT2D eigenvalue weighted by Crippen LogP contribution is -2.19. The van der Waals surface area contributed by atoms with Crippen molar-refractivity contribution in [2.45, 2.75) is 12.7 Å². The largest absolute Gasteiger partial charge is 0.451 e. The molecule has 3 nitrogen and oxygen atoms in total. The molecular formula is C9H9BrO3. The highest BCUT2D eigenvalue weighted by Gasteiger charge is 2.23. The SMILES string of the molecule is OCCC1Oc2ccc(Br)cc2O1. The minimum absolute atomic E-state index is 0.0693. The van der Waals surface area contributed by atoms with Gasteiger partial charge in [-0.2, -0.15) is 0 Å². The van der Waals surface area contributed by atoms with Crippen LogP contribution in [-0.4, -0.2) is 18.0 Å². The summed E-state index contributed by atoms with van der Waals surface area (Å²) < 4.78 is 11.8. The van der Waals surface area contributed by atoms with Gasteiger partial charge in [-0.15, -0.1) is 0 Å². The Bertz CT molecular complexity index is 314. The van der Waals surface area contributed by atoms with Crippen LogP contribution in [0.25, 0.3) is 0 Å². The lowest BCUT2D eigenvalue weighted by Gasteiger charge is -2.06. The van der Waals surface area contributed by atoms with Crippen molar-refractivity contribution in [1.82, 2.24) is 0 Å². The fraction of sp³-hybridized carbons (Fsp3) is 0.333. The molecule has 0 spiro atoms. The van der Waals surface area contributed by atoms with E-state index in [0.717, 1.165) is 16.0 Å². The summed E-state index contributed by atoms with van der Waals surface area (Å²) in [5.74, 6) is 1.47. The highest BCUT2D eigenvalue weighted by atomic mass is 79.9. The zero-order chi connectivity index (χ0) is 9.26. The van der Waals surface area contributed by atoms with Crippen molar-refractivity contribution in [3.63, 3.8) is 0 Å². The molecule has 0 saturated carbocycles. The molecule has 70 valence electrons. The summed E-state index contributed by atoms with van der Waals surface area (Å²) in [6, 6.07) is 5.59. The molecule has 1 heterocycles. The molecule has 13 heavy (non-hydrogen) atoms. The van der Waals surface area contributed by atoms with Crippen LogP contribution in [0.4, 0.5) is 0 Å². The molecule has 0 amide bonds. The van der Waals surface area contributed by atoms with E-state index in [-0.39, 0.29) is 12.9 Å². The number of ether oxygens (including phenoxy) is 2. The predicted octanol–water partition coefficient (Wildman–Crippen LogP) is 1.93. The Morgan fingerprint density at radius 3 is 2.85 bits per heavy atom. The highest BCUT2D eigenvalue weighted by Crippen LogP contribution is 2.37. The van der Waals surface area contributed by atoms with Crippen LogP contribution in [0.5, 0.6) is 11.5 Å². The molecule has 0 aromatic heterocycles. The van der Waals surface area contributed by atoms with Crippen molar-refractivity contribution in [3.05, 3.63) is 22.7 Å². The Morgan fingerprint density at radius 2 is 2.08 bits per heavy atom. The van der Waals surface area contributed by atoms with Crippen LogP contribution in [0, 0.1) is 0 Å². The fourth-order valence-electron chi connectivity index (χ4n) is 1.20. The van der Waals surface area contributed by atoms with E-state index >= 15 is 0 Å². The standard InChI is InChI=1S/C9H9BrO3/c10-6-1-2-7-8(5-6)13-9(12-7)3-4-11/h1-2,5,9,11H,3-4H2. The molecule has 1 aromatic rings. The van der Waals surface area contributed by atoms with Crippen molar-refractivity contribution in [2.75, 3.05) is 6.61 Å². The second-order valence-corrected chi connectivity index (χ2v) is 3.68. The van der Waals surface area contributed by atoms with Crippen LogP contribution in [0.3, 0.4) is 0 Å². The maximum absolute atomic E-state index is 8.69. The first kappa shape index (κ1) is 8.84. The second kappa shape index (κ2) is 3.55. The minimum Gasteiger partial charge on any atom is -0.451 e. The molecule has 0 aliphatic carbocycles. The summed E-state index contributed by atoms with van der Waals surface area (Å²) in [4.78, 5) is 0. The monoisotopic (exact) mass is 244 g/mol. The number of benzene rings is 1. The van der Waals surface area contributed by atoms with Gasteiger partial charge in [-0.25, -0.2) is 0 Å². The van der Waals surface area contributed by atoms with Gasteiger partial charge in [-0.1, -0.05) is 15.9 Å². The van der Waals surface area contributed by atoms with Crippen LogP contribution >= 0.6 is 15.9 Å². The number of halogens is 1. The number of fused-ring (bicyclic) bond motifs is 1. The van der Waals surface area contributed by atoms with Crippen LogP contribution in [0.1, 0.15) is 6.42 Å². The van der Waals surface area contributed by atoms with E-state index in [1.165, 1.54) is 0 Å². The Balaban J connectivity index is 2.16. The van der Waals surface area contributed by atoms with Gasteiger partial charge in [0.05, 0.1) is 6.61 Å². The van der Waals surface area contributed by atoms with Gasteiger partial charge in [0.2, 0.25) is 6.29 Å². The lowest BCUT2D eigenvalue weighted by molar-refractivity contribution is 0.0271. The summed E-state index contributed by atoms with van der Waals surface area (Å²) in [6.07, 6.45) is 0.154. The van der Waals surface area contributed by atoms with E-state index in [0.29, 0.717) is 6.42 Å². The van der Waals surface area contributed by atoms with Gasteiger partial charge >= 0.3 is 0 Å². The third-order valence-corrected chi connectivity index (χ3v) is 2.28. The molecular weight excluding hydrogens is 236 g/mol. The highest BCUT2D eigenvalue weighted by molar-refractivity contribution is 9.10. The van der Waals surface area contributed by atoms with E-state index < -0.39 is 0 Å². The maximum atomic E-state index is 8.69. The van der Waals surface area contributed by atoms with Gasteiger partial charge in [0.25, 0.3) is 0 Å². The van der Waals surface area contributed by atoms with Crippen LogP contribution in [0.15, 0.2) is 22.7 Å². The van der Waals surface area contributed by atoms with Crippen molar-refractivity contribution >= 4 is 15.9 Å². The van der Waals surface area contributed by atoms with E-state index in [4.69, 9.17) is 14.6 Å². The normalized spacial score (nSPS) is 19.1. The summed E-state index contributed by atoms with van der Waals surface area (Å²) in [5, 5.41) is 8.69. The van der Waals surface area contributed by atoms with Crippen molar-refractivity contribution < 1.29 is 14.6 Å². The molecule has 0 saturated heterocycles. The van der Waals surface area contributed by atoms with E-state index in [9.17, 15) is 0 Å². The Labute approximate surface area is 84.4 Å². The summed E-state index contributed by atoms with van der Waals surface area (Å²) >= 11 is 3.34. The maximum Gasteiger partial charge on any atom is 0.243 e. The van der Waals surface area contributed by atoms with Gasteiger partial charge in [0, 0.05) is 10.9 Å². The molecule has 1 N–H and O–H groups in total. The van der Waals surface area contributed by atoms with E-state index in [1.807, 2.05) is 18.2 Å². The van der Waals surface area contributed by atoms with Gasteiger partial charge in [0.1, 0.15) is 0 Å². The average Bonchev–Trinajstić information content (AvgIpc) is 2.46. The number of aliphatic hydroxyl groups excluding tert-OH is 1. The molecule has 0 radical (unpaired) electrons. The predicted molar refractivity (Wildman–Crippen MR) is 50.9 cm³/mol. The molecule has 2 rings (SSSR count). The van der Waals surface area contributed by atoms with Gasteiger partial charge in [-0.3, -0.25) is 0 Å². The number of aliphatic hydroxyl groups is 1. The first-order valence-corrected chi connectivity index (χ1v) is 4.82. The van der Waals surface area contributed by atoms with E-state index in [2.05, 4.69) is 15.9 Å². The third kappa shape index (κ3) is 1.78. The Kier molecular flexibility index (Phi) is 2.42. The molecule has 1 unspecified atom stereocenters. The van der Waals surface area contributed by atoms with Crippen LogP contribution in [0.2, 0.25) is 0 Å². The number of hydrogen-bond donors (Lipinski definition) is 1. The van der Waals surface area contributed by atoms with Crippen LogP contribution in [-0.2, 0) is 0 Å². The minimum atomic E-state index is -0.339. The molecule has 1 aliphatic heterocycles. The van der Waals surface area contributed by atoms with Gasteiger partial charge in [0.15, 0.2) is 11.5 Å². The molecule has 1 atom stereocenters. The quantitative estimate of drug-likeness (QED) is 0.865. The van der Waals surface area contributed by atoms with Gasteiger partial charge < -0.3 is 14.6 Å². The van der Waals surface area contributed by atoms with Crippen molar-refractivity contribution in [3.8, 4) is 11.5 Å². The second-order valence-electron chi connectivity index (χ2n) is 2.77. The molecule has 0 bridgehead atoms. The number of hydrogen-bond acceptors (Lipinski definition) is 3. The Morgan fingerprint density at radius 1 is 1.31 bits per heavy atom.